The monoisotopic (exact) mass is 448 g/mol. The Morgan fingerprint density at radius 3 is 1.97 bits per heavy atom. The van der Waals surface area contributed by atoms with E-state index in [0.29, 0.717) is 22.8 Å². The van der Waals surface area contributed by atoms with E-state index in [-0.39, 0.29) is 6.79 Å². The highest BCUT2D eigenvalue weighted by atomic mass is 16.7. The van der Waals surface area contributed by atoms with E-state index in [9.17, 15) is 4.79 Å². The smallest absolute Gasteiger partial charge is 0.343 e. The maximum atomic E-state index is 12.6. The summed E-state index contributed by atoms with van der Waals surface area (Å²) >= 11 is 0. The maximum absolute atomic E-state index is 12.6. The standard InChI is InChI=1S/C30H24O4/c1-3-22-10-14-25(15-11-22)30(31)34-27-18-19-29(28(20-27)24-8-6-5-7-9-24)33-21-32-26-16-12-23(4-2)13-17-26/h3-20H,1-2,21H2. The molecule has 4 nitrogen and oxygen atoms in total. The van der Waals surface area contributed by atoms with Crippen molar-refractivity contribution in [3.8, 4) is 28.4 Å². The van der Waals surface area contributed by atoms with E-state index >= 15 is 0 Å². The van der Waals surface area contributed by atoms with Crippen molar-refractivity contribution in [3.05, 3.63) is 127 Å². The molecule has 4 aromatic rings. The predicted octanol–water partition coefficient (Wildman–Crippen LogP) is 7.27. The molecule has 0 fully saturated rings. The van der Waals surface area contributed by atoms with Crippen molar-refractivity contribution < 1.29 is 19.0 Å². The van der Waals surface area contributed by atoms with Crippen molar-refractivity contribution in [2.75, 3.05) is 6.79 Å². The number of hydrogen-bond acceptors (Lipinski definition) is 4. The van der Waals surface area contributed by atoms with Gasteiger partial charge in [-0.2, -0.15) is 0 Å². The Morgan fingerprint density at radius 2 is 1.32 bits per heavy atom. The summed E-state index contributed by atoms with van der Waals surface area (Å²) in [5.74, 6) is 1.29. The summed E-state index contributed by atoms with van der Waals surface area (Å²) in [6.45, 7) is 7.50. The Labute approximate surface area is 199 Å². The first kappa shape index (κ1) is 22.6. The molecule has 4 heteroatoms. The lowest BCUT2D eigenvalue weighted by Gasteiger charge is -2.14. The number of hydrogen-bond donors (Lipinski definition) is 0. The fourth-order valence-electron chi connectivity index (χ4n) is 3.32. The molecule has 0 spiro atoms. The average Bonchev–Trinajstić information content (AvgIpc) is 2.90. The largest absolute Gasteiger partial charge is 0.458 e. The zero-order chi connectivity index (χ0) is 23.8. The molecule has 0 amide bonds. The van der Waals surface area contributed by atoms with Crippen molar-refractivity contribution in [2.45, 2.75) is 0 Å². The highest BCUT2D eigenvalue weighted by molar-refractivity contribution is 5.91. The third-order valence-corrected chi connectivity index (χ3v) is 5.18. The lowest BCUT2D eigenvalue weighted by atomic mass is 10.0. The van der Waals surface area contributed by atoms with Crippen molar-refractivity contribution >= 4 is 18.1 Å². The van der Waals surface area contributed by atoms with Gasteiger partial charge in [0.1, 0.15) is 17.2 Å². The van der Waals surface area contributed by atoms with E-state index < -0.39 is 5.97 Å². The Balaban J connectivity index is 1.51. The van der Waals surface area contributed by atoms with Gasteiger partial charge in [0.2, 0.25) is 6.79 Å². The zero-order valence-corrected chi connectivity index (χ0v) is 18.6. The van der Waals surface area contributed by atoms with Crippen molar-refractivity contribution in [3.63, 3.8) is 0 Å². The Kier molecular flexibility index (Phi) is 7.21. The van der Waals surface area contributed by atoms with Crippen LogP contribution in [0.3, 0.4) is 0 Å². The van der Waals surface area contributed by atoms with Crippen LogP contribution in [0.15, 0.2) is 110 Å². The summed E-state index contributed by atoms with van der Waals surface area (Å²) in [5.41, 5.74) is 4.13. The maximum Gasteiger partial charge on any atom is 0.343 e. The van der Waals surface area contributed by atoms with E-state index in [0.717, 1.165) is 22.3 Å². The molecule has 0 aliphatic rings. The summed E-state index contributed by atoms with van der Waals surface area (Å²) in [7, 11) is 0. The topological polar surface area (TPSA) is 44.8 Å². The highest BCUT2D eigenvalue weighted by Gasteiger charge is 2.13. The van der Waals surface area contributed by atoms with Crippen molar-refractivity contribution in [1.82, 2.24) is 0 Å². The van der Waals surface area contributed by atoms with Gasteiger partial charge in [0.15, 0.2) is 0 Å². The number of carbonyl (C=O) groups excluding carboxylic acids is 1. The summed E-state index contributed by atoms with van der Waals surface area (Å²) in [4.78, 5) is 12.6. The van der Waals surface area contributed by atoms with E-state index in [1.807, 2.05) is 66.7 Å². The molecular weight excluding hydrogens is 424 g/mol. The van der Waals surface area contributed by atoms with Crippen LogP contribution in [0.4, 0.5) is 0 Å². The summed E-state index contributed by atoms with van der Waals surface area (Å²) in [6, 6.07) is 29.7. The second-order valence-corrected chi connectivity index (χ2v) is 7.42. The summed E-state index contributed by atoms with van der Waals surface area (Å²) in [6.07, 6.45) is 3.50. The summed E-state index contributed by atoms with van der Waals surface area (Å²) < 4.78 is 17.3. The van der Waals surface area contributed by atoms with Crippen LogP contribution in [0.25, 0.3) is 23.3 Å². The van der Waals surface area contributed by atoms with Crippen LogP contribution in [0.5, 0.6) is 17.2 Å². The van der Waals surface area contributed by atoms with Crippen LogP contribution in [-0.4, -0.2) is 12.8 Å². The molecule has 0 aliphatic heterocycles. The van der Waals surface area contributed by atoms with Gasteiger partial charge in [0.05, 0.1) is 5.56 Å². The number of ether oxygens (including phenoxy) is 3. The molecule has 0 saturated heterocycles. The number of benzene rings is 4. The molecule has 0 aliphatic carbocycles. The average molecular weight is 449 g/mol. The molecule has 0 atom stereocenters. The first-order valence-electron chi connectivity index (χ1n) is 10.8. The second kappa shape index (κ2) is 10.8. The predicted molar refractivity (Wildman–Crippen MR) is 136 cm³/mol. The van der Waals surface area contributed by atoms with Crippen LogP contribution in [0.1, 0.15) is 21.5 Å². The van der Waals surface area contributed by atoms with E-state index in [1.165, 1.54) is 0 Å². The first-order chi connectivity index (χ1) is 16.7. The van der Waals surface area contributed by atoms with E-state index in [1.54, 1.807) is 42.5 Å². The molecule has 168 valence electrons. The van der Waals surface area contributed by atoms with Gasteiger partial charge in [-0.15, -0.1) is 0 Å². The van der Waals surface area contributed by atoms with E-state index in [2.05, 4.69) is 13.2 Å². The van der Waals surface area contributed by atoms with Crippen LogP contribution in [-0.2, 0) is 0 Å². The Bertz CT molecular complexity index is 1270. The molecular formula is C30H24O4. The lowest BCUT2D eigenvalue weighted by Crippen LogP contribution is -2.09. The number of rotatable bonds is 9. The minimum Gasteiger partial charge on any atom is -0.458 e. The van der Waals surface area contributed by atoms with Gasteiger partial charge in [0, 0.05) is 5.56 Å². The molecule has 0 heterocycles. The van der Waals surface area contributed by atoms with Gasteiger partial charge in [-0.25, -0.2) is 4.79 Å². The van der Waals surface area contributed by atoms with Crippen molar-refractivity contribution in [1.29, 1.82) is 0 Å². The van der Waals surface area contributed by atoms with Gasteiger partial charge < -0.3 is 14.2 Å². The second-order valence-electron chi connectivity index (χ2n) is 7.42. The molecule has 0 bridgehead atoms. The Morgan fingerprint density at radius 1 is 0.706 bits per heavy atom. The molecule has 0 radical (unpaired) electrons. The quantitative estimate of drug-likeness (QED) is 0.153. The number of esters is 1. The fourth-order valence-corrected chi connectivity index (χ4v) is 3.32. The summed E-state index contributed by atoms with van der Waals surface area (Å²) in [5, 5.41) is 0. The molecule has 4 rings (SSSR count). The van der Waals surface area contributed by atoms with E-state index in [4.69, 9.17) is 14.2 Å². The SMILES string of the molecule is C=Cc1ccc(OCOc2ccc(OC(=O)c3ccc(C=C)cc3)cc2-c2ccccc2)cc1. The first-order valence-corrected chi connectivity index (χ1v) is 10.8. The van der Waals surface area contributed by atoms with Gasteiger partial charge in [0.25, 0.3) is 0 Å². The van der Waals surface area contributed by atoms with Gasteiger partial charge in [-0.3, -0.25) is 0 Å². The fraction of sp³-hybridized carbons (Fsp3) is 0.0333. The highest BCUT2D eigenvalue weighted by Crippen LogP contribution is 2.34. The van der Waals surface area contributed by atoms with Gasteiger partial charge in [-0.1, -0.05) is 79.9 Å². The van der Waals surface area contributed by atoms with Crippen molar-refractivity contribution in [2.24, 2.45) is 0 Å². The van der Waals surface area contributed by atoms with Crippen LogP contribution in [0.2, 0.25) is 0 Å². The van der Waals surface area contributed by atoms with Crippen LogP contribution < -0.4 is 14.2 Å². The van der Waals surface area contributed by atoms with Gasteiger partial charge in [-0.05, 0) is 59.2 Å². The third kappa shape index (κ3) is 5.61. The molecule has 34 heavy (non-hydrogen) atoms. The molecule has 0 saturated carbocycles. The van der Waals surface area contributed by atoms with Gasteiger partial charge >= 0.3 is 5.97 Å². The molecule has 0 aromatic heterocycles. The molecule has 4 aromatic carbocycles. The lowest BCUT2D eigenvalue weighted by molar-refractivity contribution is 0.0734. The Hall–Kier alpha value is -4.57. The zero-order valence-electron chi connectivity index (χ0n) is 18.6. The third-order valence-electron chi connectivity index (χ3n) is 5.18. The molecule has 0 N–H and O–H groups in total. The van der Waals surface area contributed by atoms with Crippen LogP contribution in [0, 0.1) is 0 Å². The number of carbonyl (C=O) groups is 1. The van der Waals surface area contributed by atoms with Crippen LogP contribution >= 0.6 is 0 Å². The normalized spacial score (nSPS) is 10.2. The molecule has 0 unspecified atom stereocenters. The minimum absolute atomic E-state index is 0.0298. The minimum atomic E-state index is -0.436.